The molecule has 1 aromatic carbocycles. The van der Waals surface area contributed by atoms with Crippen molar-refractivity contribution in [3.8, 4) is 0 Å². The minimum absolute atomic E-state index is 0.180. The first-order chi connectivity index (χ1) is 13.0. The summed E-state index contributed by atoms with van der Waals surface area (Å²) in [6, 6.07) is 9.56. The van der Waals surface area contributed by atoms with Crippen LogP contribution in [0, 0.1) is 11.3 Å². The Morgan fingerprint density at radius 2 is 1.48 bits per heavy atom. The zero-order valence-corrected chi connectivity index (χ0v) is 17.5. The molecule has 0 unspecified atom stereocenters. The van der Waals surface area contributed by atoms with Crippen LogP contribution in [0.15, 0.2) is 30.3 Å². The van der Waals surface area contributed by atoms with Gasteiger partial charge in [0.1, 0.15) is 6.61 Å². The number of ether oxygens (including phenoxy) is 2. The predicted octanol–water partition coefficient (Wildman–Crippen LogP) is 5.69. The molecule has 0 aliphatic heterocycles. The van der Waals surface area contributed by atoms with Crippen molar-refractivity contribution in [2.45, 2.75) is 79.2 Å². The van der Waals surface area contributed by atoms with Crippen LogP contribution in [-0.2, 0) is 25.7 Å². The SMILES string of the molecule is CCCCC(CCCC)(C(=O)OCCC(C)C)C(=O)OCc1ccccc1. The fourth-order valence-electron chi connectivity index (χ4n) is 2.96. The van der Waals surface area contributed by atoms with Crippen LogP contribution in [0.1, 0.15) is 78.2 Å². The molecule has 4 heteroatoms. The largest absolute Gasteiger partial charge is 0.465 e. The first kappa shape index (κ1) is 23.2. The molecule has 1 aromatic rings. The highest BCUT2D eigenvalue weighted by molar-refractivity contribution is 6.00. The summed E-state index contributed by atoms with van der Waals surface area (Å²) in [4.78, 5) is 26.1. The number of carbonyl (C=O) groups is 2. The van der Waals surface area contributed by atoms with E-state index in [4.69, 9.17) is 9.47 Å². The van der Waals surface area contributed by atoms with Gasteiger partial charge >= 0.3 is 11.9 Å². The van der Waals surface area contributed by atoms with Crippen molar-refractivity contribution in [2.75, 3.05) is 6.61 Å². The fraction of sp³-hybridized carbons (Fsp3) is 0.652. The topological polar surface area (TPSA) is 52.6 Å². The summed E-state index contributed by atoms with van der Waals surface area (Å²) in [5.41, 5.74) is -0.267. The van der Waals surface area contributed by atoms with Gasteiger partial charge in [0.25, 0.3) is 0 Å². The summed E-state index contributed by atoms with van der Waals surface area (Å²) < 4.78 is 11.1. The second-order valence-corrected chi connectivity index (χ2v) is 7.67. The van der Waals surface area contributed by atoms with Gasteiger partial charge < -0.3 is 9.47 Å². The van der Waals surface area contributed by atoms with E-state index < -0.39 is 17.4 Å². The standard InChI is InChI=1S/C23H36O4/c1-5-7-15-23(16-8-6-2,21(24)26-17-14-19(3)4)22(25)27-18-20-12-10-9-11-13-20/h9-13,19H,5-8,14-18H2,1-4H3. The van der Waals surface area contributed by atoms with Gasteiger partial charge in [0, 0.05) is 0 Å². The molecule has 0 atom stereocenters. The lowest BCUT2D eigenvalue weighted by atomic mass is 9.78. The van der Waals surface area contributed by atoms with E-state index in [0.717, 1.165) is 37.7 Å². The highest BCUT2D eigenvalue weighted by Gasteiger charge is 2.47. The monoisotopic (exact) mass is 376 g/mol. The lowest BCUT2D eigenvalue weighted by Gasteiger charge is -2.29. The Morgan fingerprint density at radius 1 is 0.926 bits per heavy atom. The molecule has 27 heavy (non-hydrogen) atoms. The smallest absolute Gasteiger partial charge is 0.323 e. The van der Waals surface area contributed by atoms with Gasteiger partial charge in [-0.05, 0) is 30.7 Å². The Morgan fingerprint density at radius 3 is 2.00 bits per heavy atom. The summed E-state index contributed by atoms with van der Waals surface area (Å²) in [5, 5.41) is 0. The third-order valence-corrected chi connectivity index (χ3v) is 4.84. The second kappa shape index (κ2) is 12.5. The highest BCUT2D eigenvalue weighted by atomic mass is 16.6. The van der Waals surface area contributed by atoms with Crippen molar-refractivity contribution in [3.05, 3.63) is 35.9 Å². The molecule has 0 bridgehead atoms. The van der Waals surface area contributed by atoms with Crippen molar-refractivity contribution in [1.82, 2.24) is 0 Å². The lowest BCUT2D eigenvalue weighted by molar-refractivity contribution is -0.175. The molecule has 0 heterocycles. The van der Waals surface area contributed by atoms with Crippen LogP contribution in [0.4, 0.5) is 0 Å². The molecular weight excluding hydrogens is 340 g/mol. The Kier molecular flexibility index (Phi) is 10.8. The molecule has 1 rings (SSSR count). The van der Waals surface area contributed by atoms with E-state index in [2.05, 4.69) is 27.7 Å². The number of unbranched alkanes of at least 4 members (excludes halogenated alkanes) is 2. The molecule has 4 nitrogen and oxygen atoms in total. The van der Waals surface area contributed by atoms with Crippen LogP contribution < -0.4 is 0 Å². The maximum atomic E-state index is 13.1. The van der Waals surface area contributed by atoms with E-state index >= 15 is 0 Å². The maximum Gasteiger partial charge on any atom is 0.323 e. The van der Waals surface area contributed by atoms with Gasteiger partial charge in [0.05, 0.1) is 6.61 Å². The second-order valence-electron chi connectivity index (χ2n) is 7.67. The summed E-state index contributed by atoms with van der Waals surface area (Å²) in [5.74, 6) is -0.408. The van der Waals surface area contributed by atoms with E-state index in [9.17, 15) is 9.59 Å². The van der Waals surface area contributed by atoms with Crippen molar-refractivity contribution in [1.29, 1.82) is 0 Å². The lowest BCUT2D eigenvalue weighted by Crippen LogP contribution is -2.42. The van der Waals surface area contributed by atoms with Crippen molar-refractivity contribution in [2.24, 2.45) is 11.3 Å². The predicted molar refractivity (Wildman–Crippen MR) is 108 cm³/mol. The molecule has 0 spiro atoms. The molecule has 0 N–H and O–H groups in total. The average Bonchev–Trinajstić information content (AvgIpc) is 2.67. The summed E-state index contributed by atoms with van der Waals surface area (Å²) in [6.07, 6.45) is 5.18. The minimum atomic E-state index is -1.18. The number of rotatable bonds is 13. The van der Waals surface area contributed by atoms with E-state index in [1.54, 1.807) is 0 Å². The molecule has 0 radical (unpaired) electrons. The first-order valence-electron chi connectivity index (χ1n) is 10.3. The number of esters is 2. The van der Waals surface area contributed by atoms with Crippen molar-refractivity contribution < 1.29 is 19.1 Å². The average molecular weight is 377 g/mol. The molecule has 0 fully saturated rings. The molecule has 0 aliphatic carbocycles. The molecule has 0 saturated carbocycles. The normalized spacial score (nSPS) is 11.4. The summed E-state index contributed by atoms with van der Waals surface area (Å²) in [6.45, 7) is 8.82. The van der Waals surface area contributed by atoms with Gasteiger partial charge in [0.15, 0.2) is 5.41 Å². The van der Waals surface area contributed by atoms with Gasteiger partial charge in [0.2, 0.25) is 0 Å². The molecule has 152 valence electrons. The van der Waals surface area contributed by atoms with E-state index in [-0.39, 0.29) is 6.61 Å². The molecule has 0 amide bonds. The van der Waals surface area contributed by atoms with Crippen LogP contribution in [-0.4, -0.2) is 18.5 Å². The number of benzene rings is 1. The minimum Gasteiger partial charge on any atom is -0.465 e. The quantitative estimate of drug-likeness (QED) is 0.328. The zero-order chi connectivity index (χ0) is 20.1. The fourth-order valence-corrected chi connectivity index (χ4v) is 2.96. The van der Waals surface area contributed by atoms with Crippen LogP contribution in [0.2, 0.25) is 0 Å². The molecular formula is C23H36O4. The van der Waals surface area contributed by atoms with Crippen LogP contribution in [0.3, 0.4) is 0 Å². The highest BCUT2D eigenvalue weighted by Crippen LogP contribution is 2.35. The van der Waals surface area contributed by atoms with Gasteiger partial charge in [-0.3, -0.25) is 9.59 Å². The summed E-state index contributed by atoms with van der Waals surface area (Å²) in [7, 11) is 0. The number of hydrogen-bond acceptors (Lipinski definition) is 4. The van der Waals surface area contributed by atoms with E-state index in [1.165, 1.54) is 0 Å². The first-order valence-corrected chi connectivity index (χ1v) is 10.3. The third kappa shape index (κ3) is 7.74. The zero-order valence-electron chi connectivity index (χ0n) is 17.5. The Bertz CT molecular complexity index is 543. The molecule has 0 aromatic heterocycles. The Hall–Kier alpha value is -1.84. The Labute approximate surface area is 164 Å². The van der Waals surface area contributed by atoms with E-state index in [0.29, 0.717) is 25.4 Å². The Balaban J connectivity index is 2.92. The van der Waals surface area contributed by atoms with Crippen LogP contribution in [0.25, 0.3) is 0 Å². The van der Waals surface area contributed by atoms with Crippen LogP contribution >= 0.6 is 0 Å². The molecule has 0 aliphatic rings. The molecule has 0 saturated heterocycles. The van der Waals surface area contributed by atoms with Gasteiger partial charge in [-0.25, -0.2) is 0 Å². The maximum absolute atomic E-state index is 13.1. The van der Waals surface area contributed by atoms with Gasteiger partial charge in [-0.2, -0.15) is 0 Å². The third-order valence-electron chi connectivity index (χ3n) is 4.84. The van der Waals surface area contributed by atoms with Gasteiger partial charge in [-0.15, -0.1) is 0 Å². The van der Waals surface area contributed by atoms with Crippen molar-refractivity contribution >= 4 is 11.9 Å². The van der Waals surface area contributed by atoms with Crippen LogP contribution in [0.5, 0.6) is 0 Å². The van der Waals surface area contributed by atoms with E-state index in [1.807, 2.05) is 30.3 Å². The summed E-state index contributed by atoms with van der Waals surface area (Å²) >= 11 is 0. The number of hydrogen-bond donors (Lipinski definition) is 0. The van der Waals surface area contributed by atoms with Gasteiger partial charge in [-0.1, -0.05) is 83.7 Å². The number of carbonyl (C=O) groups excluding carboxylic acids is 2. The van der Waals surface area contributed by atoms with Crippen molar-refractivity contribution in [3.63, 3.8) is 0 Å².